The van der Waals surface area contributed by atoms with Gasteiger partial charge in [0.2, 0.25) is 0 Å². The number of methoxy groups -OCH3 is 1. The molecule has 5 heteroatoms. The second-order valence-electron chi connectivity index (χ2n) is 3.33. The fraction of sp³-hybridized carbons (Fsp3) is 0.875. The fourth-order valence-electron chi connectivity index (χ4n) is 1.70. The minimum atomic E-state index is -1.23. The summed E-state index contributed by atoms with van der Waals surface area (Å²) in [4.78, 5) is 11.1. The van der Waals surface area contributed by atoms with Crippen molar-refractivity contribution in [2.75, 3.05) is 7.11 Å². The highest BCUT2D eigenvalue weighted by molar-refractivity contribution is 7.83. The van der Waals surface area contributed by atoms with Gasteiger partial charge in [-0.1, -0.05) is 0 Å². The van der Waals surface area contributed by atoms with Gasteiger partial charge in [0.05, 0.1) is 24.0 Å². The highest BCUT2D eigenvalue weighted by Gasteiger charge is 2.28. The van der Waals surface area contributed by atoms with Crippen LogP contribution >= 0.6 is 0 Å². The van der Waals surface area contributed by atoms with Crippen LogP contribution in [0.25, 0.3) is 0 Å². The van der Waals surface area contributed by atoms with Crippen LogP contribution in [0.3, 0.4) is 0 Å². The molecule has 0 radical (unpaired) electrons. The Hall–Kier alpha value is -0.420. The van der Waals surface area contributed by atoms with Crippen molar-refractivity contribution in [3.05, 3.63) is 0 Å². The Balaban J connectivity index is 2.39. The fourth-order valence-corrected chi connectivity index (χ4v) is 2.43. The topological polar surface area (TPSA) is 69.4 Å². The average Bonchev–Trinajstić information content (AvgIpc) is 2.17. The van der Waals surface area contributed by atoms with Crippen LogP contribution in [0.5, 0.6) is 0 Å². The van der Waals surface area contributed by atoms with Gasteiger partial charge in [-0.25, -0.2) is 4.21 Å². The van der Waals surface area contributed by atoms with Crippen molar-refractivity contribution in [2.45, 2.75) is 30.9 Å². The van der Waals surface area contributed by atoms with Gasteiger partial charge in [0, 0.05) is 5.25 Å². The quantitative estimate of drug-likeness (QED) is 0.661. The molecule has 2 N–H and O–H groups in total. The Bertz CT molecular complexity index is 211. The Kier molecular flexibility index (Phi) is 3.87. The number of rotatable bonds is 2. The van der Waals surface area contributed by atoms with E-state index >= 15 is 0 Å². The maximum absolute atomic E-state index is 11.1. The van der Waals surface area contributed by atoms with E-state index in [0.29, 0.717) is 0 Å². The van der Waals surface area contributed by atoms with Crippen LogP contribution in [0.4, 0.5) is 0 Å². The predicted molar refractivity (Wildman–Crippen MR) is 50.1 cm³/mol. The number of nitrogens with two attached hydrogens (primary N) is 1. The largest absolute Gasteiger partial charge is 0.469 e. The summed E-state index contributed by atoms with van der Waals surface area (Å²) in [5.41, 5.74) is 0. The number of hydrogen-bond acceptors (Lipinski definition) is 3. The monoisotopic (exact) mass is 205 g/mol. The number of carbonyl (C=O) groups excluding carboxylic acids is 1. The minimum absolute atomic E-state index is 0.00944. The molecule has 1 aliphatic carbocycles. The molecule has 1 aliphatic rings. The Morgan fingerprint density at radius 3 is 2.31 bits per heavy atom. The minimum Gasteiger partial charge on any atom is -0.469 e. The predicted octanol–water partition coefficient (Wildman–Crippen LogP) is 0.341. The smallest absolute Gasteiger partial charge is 0.308 e. The van der Waals surface area contributed by atoms with Crippen LogP contribution in [0, 0.1) is 5.92 Å². The van der Waals surface area contributed by atoms with Gasteiger partial charge in [-0.2, -0.15) is 0 Å². The summed E-state index contributed by atoms with van der Waals surface area (Å²) in [5.74, 6) is -0.161. The summed E-state index contributed by atoms with van der Waals surface area (Å²) in [7, 11) is 0.164. The van der Waals surface area contributed by atoms with E-state index < -0.39 is 11.0 Å². The van der Waals surface area contributed by atoms with Gasteiger partial charge in [-0.15, -0.1) is 0 Å². The number of carbonyl (C=O) groups is 1. The van der Waals surface area contributed by atoms with Crippen LogP contribution < -0.4 is 5.14 Å². The molecule has 0 bridgehead atoms. The molecule has 0 aliphatic heterocycles. The van der Waals surface area contributed by atoms with Crippen LogP contribution in [0.2, 0.25) is 0 Å². The van der Waals surface area contributed by atoms with Crippen molar-refractivity contribution in [2.24, 2.45) is 11.1 Å². The molecule has 0 aromatic rings. The molecule has 13 heavy (non-hydrogen) atoms. The first-order valence-electron chi connectivity index (χ1n) is 4.38. The maximum atomic E-state index is 11.1. The summed E-state index contributed by atoms with van der Waals surface area (Å²) >= 11 is 0. The normalized spacial score (nSPS) is 30.9. The van der Waals surface area contributed by atoms with E-state index in [2.05, 4.69) is 4.74 Å². The van der Waals surface area contributed by atoms with Gasteiger partial charge in [0.1, 0.15) is 0 Å². The van der Waals surface area contributed by atoms with Gasteiger partial charge in [-0.3, -0.25) is 9.93 Å². The van der Waals surface area contributed by atoms with E-state index in [0.717, 1.165) is 25.7 Å². The average molecular weight is 205 g/mol. The molecule has 76 valence electrons. The second-order valence-corrected chi connectivity index (χ2v) is 4.65. The summed E-state index contributed by atoms with van der Waals surface area (Å²) in [5, 5.41) is 5.35. The van der Waals surface area contributed by atoms with E-state index in [-0.39, 0.29) is 17.1 Å². The first-order valence-corrected chi connectivity index (χ1v) is 5.65. The van der Waals surface area contributed by atoms with Crippen molar-refractivity contribution in [1.82, 2.24) is 0 Å². The molecule has 0 aromatic carbocycles. The molecule has 1 saturated carbocycles. The van der Waals surface area contributed by atoms with Crippen molar-refractivity contribution in [3.63, 3.8) is 0 Å². The molecule has 0 heterocycles. The van der Waals surface area contributed by atoms with Crippen molar-refractivity contribution >= 4 is 17.0 Å². The highest BCUT2D eigenvalue weighted by Crippen LogP contribution is 2.27. The van der Waals surface area contributed by atoms with Crippen LogP contribution in [-0.2, 0) is 20.5 Å². The Labute approximate surface area is 80.4 Å². The van der Waals surface area contributed by atoms with Crippen molar-refractivity contribution in [1.29, 1.82) is 0 Å². The first-order chi connectivity index (χ1) is 6.15. The molecule has 0 spiro atoms. The third-order valence-electron chi connectivity index (χ3n) is 2.54. The van der Waals surface area contributed by atoms with Gasteiger partial charge in [-0.05, 0) is 25.7 Å². The SMILES string of the molecule is COC(=O)C1CCC(S(N)=O)CC1. The molecule has 0 aromatic heterocycles. The molecule has 1 unspecified atom stereocenters. The third kappa shape index (κ3) is 2.77. The van der Waals surface area contributed by atoms with Crippen LogP contribution in [0.1, 0.15) is 25.7 Å². The Morgan fingerprint density at radius 1 is 1.38 bits per heavy atom. The van der Waals surface area contributed by atoms with E-state index in [1.54, 1.807) is 0 Å². The van der Waals surface area contributed by atoms with Crippen molar-refractivity contribution < 1.29 is 13.7 Å². The van der Waals surface area contributed by atoms with E-state index in [1.165, 1.54) is 7.11 Å². The summed E-state index contributed by atoms with van der Waals surface area (Å²) < 4.78 is 15.6. The lowest BCUT2D eigenvalue weighted by atomic mass is 9.89. The van der Waals surface area contributed by atoms with Crippen LogP contribution in [0.15, 0.2) is 0 Å². The van der Waals surface area contributed by atoms with Gasteiger partial charge < -0.3 is 4.74 Å². The zero-order valence-electron chi connectivity index (χ0n) is 7.69. The molecular weight excluding hydrogens is 190 g/mol. The zero-order chi connectivity index (χ0) is 9.84. The van der Waals surface area contributed by atoms with Gasteiger partial charge >= 0.3 is 5.97 Å². The molecule has 4 nitrogen and oxygen atoms in total. The van der Waals surface area contributed by atoms with Gasteiger partial charge in [0.15, 0.2) is 0 Å². The molecule has 1 rings (SSSR count). The lowest BCUT2D eigenvalue weighted by molar-refractivity contribution is -0.146. The number of hydrogen-bond donors (Lipinski definition) is 1. The van der Waals surface area contributed by atoms with Crippen molar-refractivity contribution in [3.8, 4) is 0 Å². The van der Waals surface area contributed by atoms with Crippen LogP contribution in [-0.4, -0.2) is 22.5 Å². The first kappa shape index (κ1) is 10.7. The standard InChI is InChI=1S/C8H15NO3S/c1-12-8(10)6-2-4-7(5-3-6)13(9)11/h6-7H,2-5,9H2,1H3. The summed E-state index contributed by atoms with van der Waals surface area (Å²) in [6.07, 6.45) is 3.03. The van der Waals surface area contributed by atoms with E-state index in [1.807, 2.05) is 0 Å². The third-order valence-corrected chi connectivity index (χ3v) is 3.67. The lowest BCUT2D eigenvalue weighted by Crippen LogP contribution is -2.30. The lowest BCUT2D eigenvalue weighted by Gasteiger charge is -2.24. The van der Waals surface area contributed by atoms with E-state index in [4.69, 9.17) is 5.14 Å². The Morgan fingerprint density at radius 2 is 1.92 bits per heavy atom. The molecular formula is C8H15NO3S. The second kappa shape index (κ2) is 4.72. The van der Waals surface area contributed by atoms with E-state index in [9.17, 15) is 9.00 Å². The molecule has 0 saturated heterocycles. The molecule has 1 fully saturated rings. The molecule has 1 atom stereocenters. The highest BCUT2D eigenvalue weighted by atomic mass is 32.2. The number of ether oxygens (including phenoxy) is 1. The summed E-state index contributed by atoms with van der Waals surface area (Å²) in [6, 6.07) is 0. The zero-order valence-corrected chi connectivity index (χ0v) is 8.51. The summed E-state index contributed by atoms with van der Waals surface area (Å²) in [6.45, 7) is 0. The number of esters is 1. The maximum Gasteiger partial charge on any atom is 0.308 e. The van der Waals surface area contributed by atoms with Gasteiger partial charge in [0.25, 0.3) is 0 Å². The molecule has 0 amide bonds.